The summed E-state index contributed by atoms with van der Waals surface area (Å²) in [4.78, 5) is 18.1. The Morgan fingerprint density at radius 3 is 0.868 bits per heavy atom. The second-order valence-electron chi connectivity index (χ2n) is 12.5. The molecule has 0 saturated carbocycles. The zero-order chi connectivity index (χ0) is 35.3. The Morgan fingerprint density at radius 2 is 0.547 bits per heavy atom. The van der Waals surface area contributed by atoms with Gasteiger partial charge in [-0.05, 0) is 119 Å². The zero-order valence-corrected chi connectivity index (χ0v) is 31.7. The molecule has 0 fully saturated rings. The fourth-order valence-electron chi connectivity index (χ4n) is 6.89. The van der Waals surface area contributed by atoms with Crippen LogP contribution in [0.3, 0.4) is 0 Å². The van der Waals surface area contributed by atoms with Gasteiger partial charge in [0.2, 0.25) is 0 Å². The SMILES string of the molecule is Clc1ccc(-c2c3nc(c(-c4ccc(Cl)cc4)c4ccc([nH]4)c(-c4ccc(Cl)cc4)c4ccc([nH]4)c(-c4ccc(Cl)cc4)c4nc2C=C4)C=C3)cc1.[Fe+3]. The van der Waals surface area contributed by atoms with Crippen LogP contribution >= 0.6 is 46.4 Å². The summed E-state index contributed by atoms with van der Waals surface area (Å²) in [5.41, 5.74) is 14.5. The van der Waals surface area contributed by atoms with Crippen molar-refractivity contribution in [3.63, 3.8) is 0 Å². The summed E-state index contributed by atoms with van der Waals surface area (Å²) in [7, 11) is 0. The first-order valence-electron chi connectivity index (χ1n) is 16.6. The van der Waals surface area contributed by atoms with E-state index < -0.39 is 0 Å². The average molecular weight is 808 g/mol. The fourth-order valence-corrected chi connectivity index (χ4v) is 7.39. The van der Waals surface area contributed by atoms with Crippen LogP contribution in [0.15, 0.2) is 121 Å². The molecule has 2 aliphatic heterocycles. The minimum absolute atomic E-state index is 0. The molecule has 0 spiro atoms. The van der Waals surface area contributed by atoms with Crippen LogP contribution in [0.1, 0.15) is 22.8 Å². The van der Waals surface area contributed by atoms with E-state index in [0.717, 1.165) is 89.4 Å². The summed E-state index contributed by atoms with van der Waals surface area (Å²) >= 11 is 25.5. The number of nitrogens with one attached hydrogen (secondary N) is 2. The van der Waals surface area contributed by atoms with Crippen LogP contribution in [0.25, 0.3) is 90.9 Å². The Hall–Kier alpha value is -4.84. The molecule has 2 aliphatic rings. The number of benzene rings is 4. The molecule has 255 valence electrons. The number of H-pyrrole nitrogens is 2. The zero-order valence-electron chi connectivity index (χ0n) is 27.6. The second kappa shape index (κ2) is 14.5. The summed E-state index contributed by atoms with van der Waals surface area (Å²) in [6, 6.07) is 39.8. The van der Waals surface area contributed by atoms with Crippen LogP contribution in [0.5, 0.6) is 0 Å². The minimum atomic E-state index is 0. The molecule has 9 rings (SSSR count). The molecule has 0 saturated heterocycles. The second-order valence-corrected chi connectivity index (χ2v) is 14.3. The molecule has 4 aromatic carbocycles. The predicted octanol–water partition coefficient (Wildman–Crippen LogP) is 13.9. The molecule has 3 aromatic heterocycles. The van der Waals surface area contributed by atoms with Gasteiger partial charge in [-0.2, -0.15) is 0 Å². The first-order chi connectivity index (χ1) is 25.4. The number of halogens is 4. The third kappa shape index (κ3) is 6.77. The normalized spacial score (nSPS) is 11.8. The maximum absolute atomic E-state index is 6.37. The van der Waals surface area contributed by atoms with Crippen molar-refractivity contribution in [3.8, 4) is 44.5 Å². The largest absolute Gasteiger partial charge is 3.00 e. The first kappa shape index (κ1) is 35.2. The van der Waals surface area contributed by atoms with Crippen molar-refractivity contribution in [2.24, 2.45) is 0 Å². The first-order valence-corrected chi connectivity index (χ1v) is 18.1. The molecule has 8 bridgehead atoms. The van der Waals surface area contributed by atoms with Gasteiger partial charge < -0.3 is 9.97 Å². The van der Waals surface area contributed by atoms with Crippen LogP contribution < -0.4 is 0 Å². The molecule has 5 heterocycles. The van der Waals surface area contributed by atoms with Gasteiger partial charge in [0.15, 0.2) is 0 Å². The van der Waals surface area contributed by atoms with Crippen LogP contribution in [0.2, 0.25) is 20.1 Å². The standard InChI is InChI=1S/C44H26Cl4N4.Fe/c45-29-9-1-25(2-10-29)41-33-17-19-35(49-33)42(26-3-11-30(46)12-4-26)37-21-23-39(51-37)44(28-7-15-32(48)16-8-28)40-24-22-38(52-40)43(36-20-18-34(41)50-36)27-5-13-31(47)14-6-27;/h1-24,49-50H;/q;+3. The molecule has 7 aromatic rings. The van der Waals surface area contributed by atoms with Crippen LogP contribution in [-0.4, -0.2) is 19.9 Å². The Kier molecular flexibility index (Phi) is 9.65. The monoisotopic (exact) mass is 806 g/mol. The summed E-state index contributed by atoms with van der Waals surface area (Å²) in [6.07, 6.45) is 8.22. The van der Waals surface area contributed by atoms with E-state index in [0.29, 0.717) is 20.1 Å². The Balaban J connectivity index is 0.00000400. The molecule has 2 N–H and O–H groups in total. The summed E-state index contributed by atoms with van der Waals surface area (Å²) in [6.45, 7) is 0. The molecular formula is C44H26Cl4FeN4+3. The number of aromatic amines is 2. The predicted molar refractivity (Wildman–Crippen MR) is 221 cm³/mol. The van der Waals surface area contributed by atoms with E-state index in [4.69, 9.17) is 56.4 Å². The van der Waals surface area contributed by atoms with Gasteiger partial charge in [0.1, 0.15) is 0 Å². The number of hydrogen-bond acceptors (Lipinski definition) is 2. The number of hydrogen-bond donors (Lipinski definition) is 2. The smallest absolute Gasteiger partial charge is 0.354 e. The van der Waals surface area contributed by atoms with Crippen molar-refractivity contribution in [3.05, 3.63) is 164 Å². The Morgan fingerprint density at radius 1 is 0.302 bits per heavy atom. The van der Waals surface area contributed by atoms with Crippen molar-refractivity contribution in [2.75, 3.05) is 0 Å². The molecule has 1 radical (unpaired) electrons. The molecule has 0 amide bonds. The Bertz CT molecular complexity index is 2600. The fraction of sp³-hybridized carbons (Fsp3) is 0. The van der Waals surface area contributed by atoms with Crippen LogP contribution in [0.4, 0.5) is 0 Å². The molecule has 53 heavy (non-hydrogen) atoms. The van der Waals surface area contributed by atoms with Crippen molar-refractivity contribution in [1.29, 1.82) is 0 Å². The van der Waals surface area contributed by atoms with Gasteiger partial charge in [0.05, 0.1) is 22.8 Å². The van der Waals surface area contributed by atoms with Gasteiger partial charge in [-0.1, -0.05) is 94.9 Å². The number of aromatic nitrogens is 4. The molecular weight excluding hydrogens is 782 g/mol. The van der Waals surface area contributed by atoms with E-state index in [9.17, 15) is 0 Å². The third-order valence-electron chi connectivity index (χ3n) is 9.29. The van der Waals surface area contributed by atoms with E-state index in [1.54, 1.807) is 0 Å². The molecule has 9 heteroatoms. The molecule has 4 nitrogen and oxygen atoms in total. The van der Waals surface area contributed by atoms with Crippen molar-refractivity contribution < 1.29 is 17.1 Å². The van der Waals surface area contributed by atoms with Gasteiger partial charge in [0.25, 0.3) is 0 Å². The van der Waals surface area contributed by atoms with Crippen molar-refractivity contribution >= 4 is 92.8 Å². The quantitative estimate of drug-likeness (QED) is 0.174. The molecule has 0 unspecified atom stereocenters. The molecule has 0 atom stereocenters. The third-order valence-corrected chi connectivity index (χ3v) is 10.3. The van der Waals surface area contributed by atoms with E-state index in [-0.39, 0.29) is 17.1 Å². The van der Waals surface area contributed by atoms with E-state index in [1.807, 2.05) is 97.1 Å². The van der Waals surface area contributed by atoms with Crippen LogP contribution in [-0.2, 0) is 17.1 Å². The van der Waals surface area contributed by atoms with Gasteiger partial charge in [0, 0.05) is 64.4 Å². The maximum atomic E-state index is 6.37. The van der Waals surface area contributed by atoms with Crippen molar-refractivity contribution in [1.82, 2.24) is 19.9 Å². The average Bonchev–Trinajstić information content (AvgIpc) is 3.99. The van der Waals surface area contributed by atoms with Gasteiger partial charge in [-0.25, -0.2) is 9.97 Å². The van der Waals surface area contributed by atoms with Crippen molar-refractivity contribution in [2.45, 2.75) is 0 Å². The maximum Gasteiger partial charge on any atom is 3.00 e. The minimum Gasteiger partial charge on any atom is -0.354 e. The summed E-state index contributed by atoms with van der Waals surface area (Å²) < 4.78 is 0. The topological polar surface area (TPSA) is 57.4 Å². The number of rotatable bonds is 4. The van der Waals surface area contributed by atoms with E-state index in [2.05, 4.69) is 58.5 Å². The van der Waals surface area contributed by atoms with Gasteiger partial charge in [-0.15, -0.1) is 0 Å². The summed E-state index contributed by atoms with van der Waals surface area (Å²) in [5, 5.41) is 2.64. The van der Waals surface area contributed by atoms with E-state index in [1.165, 1.54) is 0 Å². The van der Waals surface area contributed by atoms with Crippen LogP contribution in [0, 0.1) is 0 Å². The van der Waals surface area contributed by atoms with E-state index >= 15 is 0 Å². The molecule has 0 aliphatic carbocycles. The number of nitrogens with zero attached hydrogens (tertiary/aromatic N) is 2. The van der Waals surface area contributed by atoms with Gasteiger partial charge in [-0.3, -0.25) is 0 Å². The Labute approximate surface area is 336 Å². The summed E-state index contributed by atoms with van der Waals surface area (Å²) in [5.74, 6) is 0. The van der Waals surface area contributed by atoms with Gasteiger partial charge >= 0.3 is 17.1 Å². The number of fused-ring (bicyclic) bond motifs is 8.